The molecule has 0 spiro atoms. The molecule has 2 heterocycles. The molecule has 5 nitrogen and oxygen atoms in total. The summed E-state index contributed by atoms with van der Waals surface area (Å²) in [6, 6.07) is 23.1. The van der Waals surface area contributed by atoms with Crippen LogP contribution in [0.1, 0.15) is 37.1 Å². The first-order chi connectivity index (χ1) is 14.7. The van der Waals surface area contributed by atoms with Crippen LogP contribution in [0, 0.1) is 5.92 Å². The van der Waals surface area contributed by atoms with Crippen molar-refractivity contribution >= 4 is 17.4 Å². The first-order valence-corrected chi connectivity index (χ1v) is 10.6. The Morgan fingerprint density at radius 1 is 0.967 bits per heavy atom. The van der Waals surface area contributed by atoms with Gasteiger partial charge in [0.1, 0.15) is 0 Å². The molecule has 2 amide bonds. The van der Waals surface area contributed by atoms with Gasteiger partial charge in [-0.3, -0.25) is 4.98 Å². The molecular weight excluding hydrogens is 372 g/mol. The van der Waals surface area contributed by atoms with Crippen LogP contribution in [0.4, 0.5) is 16.2 Å². The van der Waals surface area contributed by atoms with Crippen LogP contribution < -0.4 is 15.5 Å². The average molecular weight is 401 g/mol. The molecular formula is C25H28N4O. The molecule has 1 aromatic heterocycles. The SMILES string of the molecule is CC1CCN(c2ccc(NC(=O)NC(c3ccccc3)c3ccccn3)cc2)CC1. The number of hydrogen-bond donors (Lipinski definition) is 2. The largest absolute Gasteiger partial charge is 0.372 e. The lowest BCUT2D eigenvalue weighted by atomic mass is 9.99. The summed E-state index contributed by atoms with van der Waals surface area (Å²) in [5, 5.41) is 6.01. The number of hydrogen-bond acceptors (Lipinski definition) is 3. The third kappa shape index (κ3) is 4.98. The van der Waals surface area contributed by atoms with Crippen molar-refractivity contribution in [1.82, 2.24) is 10.3 Å². The van der Waals surface area contributed by atoms with Crippen molar-refractivity contribution in [2.24, 2.45) is 5.92 Å². The highest BCUT2D eigenvalue weighted by Crippen LogP contribution is 2.25. The van der Waals surface area contributed by atoms with Crippen molar-refractivity contribution in [1.29, 1.82) is 0 Å². The van der Waals surface area contributed by atoms with Crippen LogP contribution in [0.2, 0.25) is 0 Å². The van der Waals surface area contributed by atoms with Gasteiger partial charge in [-0.15, -0.1) is 0 Å². The van der Waals surface area contributed by atoms with Crippen molar-refractivity contribution < 1.29 is 4.79 Å². The topological polar surface area (TPSA) is 57.3 Å². The smallest absolute Gasteiger partial charge is 0.320 e. The molecule has 1 aliphatic heterocycles. The van der Waals surface area contributed by atoms with Crippen LogP contribution >= 0.6 is 0 Å². The molecule has 154 valence electrons. The van der Waals surface area contributed by atoms with E-state index in [1.54, 1.807) is 6.20 Å². The van der Waals surface area contributed by atoms with Crippen molar-refractivity contribution in [3.63, 3.8) is 0 Å². The minimum atomic E-state index is -0.318. The van der Waals surface area contributed by atoms with E-state index in [0.29, 0.717) is 0 Å². The summed E-state index contributed by atoms with van der Waals surface area (Å²) in [6.07, 6.45) is 4.21. The van der Waals surface area contributed by atoms with E-state index in [2.05, 4.69) is 39.6 Å². The number of anilines is 2. The molecule has 1 saturated heterocycles. The molecule has 0 bridgehead atoms. The fourth-order valence-electron chi connectivity index (χ4n) is 3.84. The monoisotopic (exact) mass is 400 g/mol. The zero-order valence-corrected chi connectivity index (χ0v) is 17.3. The predicted molar refractivity (Wildman–Crippen MR) is 122 cm³/mol. The lowest BCUT2D eigenvalue weighted by molar-refractivity contribution is 0.250. The number of pyridine rings is 1. The van der Waals surface area contributed by atoms with Gasteiger partial charge in [-0.05, 0) is 60.7 Å². The Kier molecular flexibility index (Phi) is 6.28. The van der Waals surface area contributed by atoms with Crippen molar-refractivity contribution in [2.75, 3.05) is 23.3 Å². The number of nitrogens with zero attached hydrogens (tertiary/aromatic N) is 2. The summed E-state index contributed by atoms with van der Waals surface area (Å²) in [5.41, 5.74) is 3.77. The summed E-state index contributed by atoms with van der Waals surface area (Å²) in [6.45, 7) is 4.51. The number of carbonyl (C=O) groups excluding carboxylic acids is 1. The summed E-state index contributed by atoms with van der Waals surface area (Å²) in [5.74, 6) is 0.808. The summed E-state index contributed by atoms with van der Waals surface area (Å²) in [7, 11) is 0. The molecule has 1 atom stereocenters. The van der Waals surface area contributed by atoms with Gasteiger partial charge in [0, 0.05) is 30.7 Å². The maximum Gasteiger partial charge on any atom is 0.320 e. The van der Waals surface area contributed by atoms with Gasteiger partial charge in [0.25, 0.3) is 0 Å². The molecule has 1 fully saturated rings. The lowest BCUT2D eigenvalue weighted by Crippen LogP contribution is -2.34. The van der Waals surface area contributed by atoms with Gasteiger partial charge in [0.05, 0.1) is 11.7 Å². The number of benzene rings is 2. The van der Waals surface area contributed by atoms with Gasteiger partial charge < -0.3 is 15.5 Å². The molecule has 2 aromatic carbocycles. The van der Waals surface area contributed by atoms with E-state index in [0.717, 1.165) is 36.0 Å². The van der Waals surface area contributed by atoms with Crippen LogP contribution in [0.25, 0.3) is 0 Å². The Labute approximate surface area is 178 Å². The Morgan fingerprint density at radius 2 is 1.67 bits per heavy atom. The van der Waals surface area contributed by atoms with Crippen molar-refractivity contribution in [3.8, 4) is 0 Å². The van der Waals surface area contributed by atoms with Crippen LogP contribution in [0.3, 0.4) is 0 Å². The molecule has 0 radical (unpaired) electrons. The number of carbonyl (C=O) groups is 1. The van der Waals surface area contributed by atoms with E-state index in [1.807, 2.05) is 60.7 Å². The van der Waals surface area contributed by atoms with E-state index in [4.69, 9.17) is 0 Å². The molecule has 3 aromatic rings. The van der Waals surface area contributed by atoms with E-state index < -0.39 is 0 Å². The Morgan fingerprint density at radius 3 is 2.33 bits per heavy atom. The van der Waals surface area contributed by atoms with Crippen LogP contribution in [-0.4, -0.2) is 24.1 Å². The zero-order valence-electron chi connectivity index (χ0n) is 17.3. The zero-order chi connectivity index (χ0) is 20.8. The molecule has 30 heavy (non-hydrogen) atoms. The normalized spacial score (nSPS) is 15.4. The van der Waals surface area contributed by atoms with Crippen molar-refractivity contribution in [3.05, 3.63) is 90.3 Å². The molecule has 4 rings (SSSR count). The average Bonchev–Trinajstić information content (AvgIpc) is 2.80. The third-order valence-corrected chi connectivity index (χ3v) is 5.67. The quantitative estimate of drug-likeness (QED) is 0.617. The maximum atomic E-state index is 12.7. The number of rotatable bonds is 5. The fraction of sp³-hybridized carbons (Fsp3) is 0.280. The summed E-state index contributed by atoms with van der Waals surface area (Å²) >= 11 is 0. The van der Waals surface area contributed by atoms with Crippen LogP contribution in [-0.2, 0) is 0 Å². The van der Waals surface area contributed by atoms with Gasteiger partial charge in [-0.25, -0.2) is 4.79 Å². The Hall–Kier alpha value is -3.34. The number of amides is 2. The second kappa shape index (κ2) is 9.44. The highest BCUT2D eigenvalue weighted by Gasteiger charge is 2.18. The molecule has 0 aliphatic carbocycles. The maximum absolute atomic E-state index is 12.7. The Balaban J connectivity index is 1.42. The van der Waals surface area contributed by atoms with Gasteiger partial charge in [-0.1, -0.05) is 43.3 Å². The first kappa shape index (κ1) is 20.0. The number of aromatic nitrogens is 1. The molecule has 0 saturated carbocycles. The van der Waals surface area contributed by atoms with E-state index in [-0.39, 0.29) is 12.1 Å². The molecule has 1 aliphatic rings. The van der Waals surface area contributed by atoms with Crippen LogP contribution in [0.5, 0.6) is 0 Å². The van der Waals surface area contributed by atoms with Crippen LogP contribution in [0.15, 0.2) is 79.0 Å². The second-order valence-electron chi connectivity index (χ2n) is 7.91. The van der Waals surface area contributed by atoms with E-state index in [1.165, 1.54) is 18.5 Å². The Bertz CT molecular complexity index is 896. The first-order valence-electron chi connectivity index (χ1n) is 10.6. The number of nitrogens with one attached hydrogen (secondary N) is 2. The fourth-order valence-corrected chi connectivity index (χ4v) is 3.84. The third-order valence-electron chi connectivity index (χ3n) is 5.67. The summed E-state index contributed by atoms with van der Waals surface area (Å²) in [4.78, 5) is 19.6. The number of urea groups is 1. The van der Waals surface area contributed by atoms with Crippen molar-refractivity contribution in [2.45, 2.75) is 25.8 Å². The van der Waals surface area contributed by atoms with Gasteiger partial charge in [0.2, 0.25) is 0 Å². The second-order valence-corrected chi connectivity index (χ2v) is 7.91. The minimum absolute atomic E-state index is 0.256. The van der Waals surface area contributed by atoms with Gasteiger partial charge in [-0.2, -0.15) is 0 Å². The molecule has 1 unspecified atom stereocenters. The number of piperidine rings is 1. The molecule has 5 heteroatoms. The van der Waals surface area contributed by atoms with E-state index in [9.17, 15) is 4.79 Å². The van der Waals surface area contributed by atoms with Gasteiger partial charge in [0.15, 0.2) is 0 Å². The lowest BCUT2D eigenvalue weighted by Gasteiger charge is -2.32. The highest BCUT2D eigenvalue weighted by atomic mass is 16.2. The minimum Gasteiger partial charge on any atom is -0.372 e. The molecule has 2 N–H and O–H groups in total. The van der Waals surface area contributed by atoms with Gasteiger partial charge >= 0.3 is 6.03 Å². The standard InChI is InChI=1S/C25H28N4O/c1-19-14-17-29(18-15-19)22-12-10-21(11-13-22)27-25(30)28-24(20-7-3-2-4-8-20)23-9-5-6-16-26-23/h2-13,16,19,24H,14-15,17-18H2,1H3,(H2,27,28,30). The predicted octanol–water partition coefficient (Wildman–Crippen LogP) is 5.23. The highest BCUT2D eigenvalue weighted by molar-refractivity contribution is 5.90. The van der Waals surface area contributed by atoms with E-state index >= 15 is 0 Å². The summed E-state index contributed by atoms with van der Waals surface area (Å²) < 4.78 is 0.